The van der Waals surface area contributed by atoms with Crippen molar-refractivity contribution >= 4 is 6.03 Å². The molecule has 0 saturated carbocycles. The van der Waals surface area contributed by atoms with Gasteiger partial charge in [-0.15, -0.1) is 0 Å². The number of ether oxygens (including phenoxy) is 1. The van der Waals surface area contributed by atoms with E-state index in [1.165, 1.54) is 11.0 Å². The summed E-state index contributed by atoms with van der Waals surface area (Å²) < 4.78 is 32.1. The average Bonchev–Trinajstić information content (AvgIpc) is 2.95. The van der Waals surface area contributed by atoms with Gasteiger partial charge >= 0.3 is 6.03 Å². The molecule has 1 aliphatic rings. The number of carbonyl (C=O) groups is 1. The lowest BCUT2D eigenvalue weighted by Crippen LogP contribution is -2.50. The summed E-state index contributed by atoms with van der Waals surface area (Å²) >= 11 is 0. The predicted molar refractivity (Wildman–Crippen MR) is 85.5 cm³/mol. The van der Waals surface area contributed by atoms with Crippen molar-refractivity contribution in [3.63, 3.8) is 0 Å². The molecular formula is C17H24F2N2O3. The van der Waals surface area contributed by atoms with E-state index in [4.69, 9.17) is 4.74 Å². The molecule has 0 spiro atoms. The highest BCUT2D eigenvalue weighted by molar-refractivity contribution is 5.75. The largest absolute Gasteiger partial charge is 0.392 e. The molecule has 0 aromatic heterocycles. The van der Waals surface area contributed by atoms with Gasteiger partial charge in [0.2, 0.25) is 0 Å². The minimum absolute atomic E-state index is 0.0800. The number of amides is 2. The van der Waals surface area contributed by atoms with E-state index < -0.39 is 23.8 Å². The van der Waals surface area contributed by atoms with Gasteiger partial charge in [0.15, 0.2) is 11.6 Å². The Morgan fingerprint density at radius 3 is 2.67 bits per heavy atom. The molecule has 2 rings (SSSR count). The number of nitrogens with one attached hydrogen (secondary N) is 1. The van der Waals surface area contributed by atoms with E-state index in [0.717, 1.165) is 12.1 Å². The maximum absolute atomic E-state index is 13.4. The van der Waals surface area contributed by atoms with Crippen LogP contribution < -0.4 is 5.32 Å². The molecule has 2 amide bonds. The Kier molecular flexibility index (Phi) is 6.12. The van der Waals surface area contributed by atoms with Crippen LogP contribution in [0.15, 0.2) is 18.2 Å². The second-order valence-corrected chi connectivity index (χ2v) is 6.40. The fraction of sp³-hybridized carbons (Fsp3) is 0.588. The lowest BCUT2D eigenvalue weighted by Gasteiger charge is -2.30. The van der Waals surface area contributed by atoms with Gasteiger partial charge in [0.25, 0.3) is 0 Å². The van der Waals surface area contributed by atoms with Gasteiger partial charge in [0, 0.05) is 19.2 Å². The van der Waals surface area contributed by atoms with Gasteiger partial charge in [-0.1, -0.05) is 6.07 Å². The van der Waals surface area contributed by atoms with Crippen LogP contribution in [0.4, 0.5) is 13.6 Å². The van der Waals surface area contributed by atoms with Crippen LogP contribution in [0.3, 0.4) is 0 Å². The zero-order chi connectivity index (χ0) is 17.9. The lowest BCUT2D eigenvalue weighted by molar-refractivity contribution is 0.0922. The van der Waals surface area contributed by atoms with Crippen molar-refractivity contribution in [2.75, 3.05) is 13.2 Å². The van der Waals surface area contributed by atoms with Gasteiger partial charge in [-0.3, -0.25) is 0 Å². The third kappa shape index (κ3) is 4.42. The average molecular weight is 342 g/mol. The summed E-state index contributed by atoms with van der Waals surface area (Å²) in [5, 5.41) is 12.4. The van der Waals surface area contributed by atoms with Crippen LogP contribution in [0, 0.1) is 11.6 Å². The Morgan fingerprint density at radius 2 is 2.08 bits per heavy atom. The zero-order valence-electron chi connectivity index (χ0n) is 14.1. The first-order valence-electron chi connectivity index (χ1n) is 8.11. The van der Waals surface area contributed by atoms with Crippen molar-refractivity contribution in [2.24, 2.45) is 0 Å². The monoisotopic (exact) mass is 342 g/mol. The summed E-state index contributed by atoms with van der Waals surface area (Å²) in [5.41, 5.74) is 0.489. The lowest BCUT2D eigenvalue weighted by atomic mass is 10.0. The van der Waals surface area contributed by atoms with Gasteiger partial charge < -0.3 is 20.1 Å². The summed E-state index contributed by atoms with van der Waals surface area (Å²) in [6.45, 7) is 5.98. The van der Waals surface area contributed by atoms with Gasteiger partial charge in [0.05, 0.1) is 12.1 Å². The quantitative estimate of drug-likeness (QED) is 0.865. The molecule has 134 valence electrons. The van der Waals surface area contributed by atoms with Crippen LogP contribution in [-0.4, -0.2) is 47.4 Å². The molecule has 7 heteroatoms. The third-order valence-electron chi connectivity index (χ3n) is 4.02. The topological polar surface area (TPSA) is 61.8 Å². The molecule has 5 nitrogen and oxygen atoms in total. The molecule has 1 heterocycles. The van der Waals surface area contributed by atoms with E-state index in [-0.39, 0.29) is 24.7 Å². The van der Waals surface area contributed by atoms with Crippen LogP contribution in [0.25, 0.3) is 0 Å². The molecule has 0 radical (unpaired) electrons. The van der Waals surface area contributed by atoms with E-state index in [1.807, 2.05) is 13.8 Å². The van der Waals surface area contributed by atoms with Crippen LogP contribution in [0.2, 0.25) is 0 Å². The van der Waals surface area contributed by atoms with E-state index in [1.54, 1.807) is 6.92 Å². The second-order valence-electron chi connectivity index (χ2n) is 6.40. The van der Waals surface area contributed by atoms with Crippen LogP contribution in [-0.2, 0) is 4.74 Å². The molecule has 3 atom stereocenters. The summed E-state index contributed by atoms with van der Waals surface area (Å²) in [5.74, 6) is -1.86. The number of urea groups is 1. The molecule has 0 bridgehead atoms. The molecular weight excluding hydrogens is 318 g/mol. The van der Waals surface area contributed by atoms with Gasteiger partial charge in [-0.25, -0.2) is 13.6 Å². The van der Waals surface area contributed by atoms with E-state index in [2.05, 4.69) is 5.32 Å². The zero-order valence-corrected chi connectivity index (χ0v) is 14.1. The highest BCUT2D eigenvalue weighted by Gasteiger charge is 2.33. The minimum atomic E-state index is -0.939. The first-order valence-corrected chi connectivity index (χ1v) is 8.11. The van der Waals surface area contributed by atoms with Crippen LogP contribution in [0.1, 0.15) is 38.9 Å². The fourth-order valence-electron chi connectivity index (χ4n) is 2.81. The molecule has 1 aromatic rings. The maximum atomic E-state index is 13.4. The molecule has 1 aromatic carbocycles. The fourth-order valence-corrected chi connectivity index (χ4v) is 2.81. The number of benzene rings is 1. The summed E-state index contributed by atoms with van der Waals surface area (Å²) in [7, 11) is 0. The van der Waals surface area contributed by atoms with Crippen molar-refractivity contribution in [1.29, 1.82) is 0 Å². The number of carbonyl (C=O) groups excluding carboxylic acids is 1. The summed E-state index contributed by atoms with van der Waals surface area (Å²) in [6, 6.07) is 2.89. The molecule has 24 heavy (non-hydrogen) atoms. The number of halogens is 2. The Morgan fingerprint density at radius 1 is 1.38 bits per heavy atom. The van der Waals surface area contributed by atoms with Crippen molar-refractivity contribution in [2.45, 2.75) is 51.5 Å². The third-order valence-corrected chi connectivity index (χ3v) is 4.02. The maximum Gasteiger partial charge on any atom is 0.318 e. The minimum Gasteiger partial charge on any atom is -0.392 e. The van der Waals surface area contributed by atoms with Crippen LogP contribution >= 0.6 is 0 Å². The molecule has 2 N–H and O–H groups in total. The highest BCUT2D eigenvalue weighted by Crippen LogP contribution is 2.30. The second kappa shape index (κ2) is 7.90. The molecule has 1 fully saturated rings. The van der Waals surface area contributed by atoms with Gasteiger partial charge in [-0.05, 0) is 44.9 Å². The van der Waals surface area contributed by atoms with Gasteiger partial charge in [-0.2, -0.15) is 0 Å². The standard InChI is InChI=1S/C17H24F2N2O3/c1-10(2)21(9-11(3)22)17(23)20-15-6-7-24-16(15)12-4-5-13(18)14(19)8-12/h4-5,8,10-11,15-16,22H,6-7,9H2,1-3H3,(H,20,23). The Hall–Kier alpha value is -1.73. The Bertz CT molecular complexity index is 581. The van der Waals surface area contributed by atoms with Gasteiger partial charge in [0.1, 0.15) is 6.10 Å². The number of hydrogen-bond donors (Lipinski definition) is 2. The number of rotatable bonds is 5. The van der Waals surface area contributed by atoms with E-state index >= 15 is 0 Å². The first kappa shape index (κ1) is 18.6. The van der Waals surface area contributed by atoms with E-state index in [9.17, 15) is 18.7 Å². The summed E-state index contributed by atoms with van der Waals surface area (Å²) in [4.78, 5) is 14.0. The van der Waals surface area contributed by atoms with E-state index in [0.29, 0.717) is 18.6 Å². The number of aliphatic hydroxyl groups is 1. The number of hydrogen-bond acceptors (Lipinski definition) is 3. The Labute approximate surface area is 140 Å². The van der Waals surface area contributed by atoms with Crippen molar-refractivity contribution in [3.05, 3.63) is 35.4 Å². The predicted octanol–water partition coefficient (Wildman–Crippen LogP) is 2.60. The first-order chi connectivity index (χ1) is 11.3. The number of aliphatic hydroxyl groups excluding tert-OH is 1. The van der Waals surface area contributed by atoms with Crippen molar-refractivity contribution in [1.82, 2.24) is 10.2 Å². The smallest absolute Gasteiger partial charge is 0.318 e. The Balaban J connectivity index is 2.09. The van der Waals surface area contributed by atoms with Crippen molar-refractivity contribution < 1.29 is 23.4 Å². The number of nitrogens with zero attached hydrogens (tertiary/aromatic N) is 1. The molecule has 1 aliphatic heterocycles. The normalized spacial score (nSPS) is 21.8. The molecule has 1 saturated heterocycles. The van der Waals surface area contributed by atoms with Crippen LogP contribution in [0.5, 0.6) is 0 Å². The van der Waals surface area contributed by atoms with Crippen molar-refractivity contribution in [3.8, 4) is 0 Å². The highest BCUT2D eigenvalue weighted by atomic mass is 19.2. The molecule has 0 aliphatic carbocycles. The summed E-state index contributed by atoms with van der Waals surface area (Å²) in [6.07, 6.45) is -0.583. The SMILES string of the molecule is CC(O)CN(C(=O)NC1CCOC1c1ccc(F)c(F)c1)C(C)C. The molecule has 3 unspecified atom stereocenters.